The van der Waals surface area contributed by atoms with Crippen molar-refractivity contribution >= 4 is 5.97 Å². The number of aromatic nitrogens is 3. The smallest absolute Gasteiger partial charge is 0.361 e. The molecule has 0 atom stereocenters. The number of carbonyl (C=O) groups is 1. The van der Waals surface area contributed by atoms with Crippen molar-refractivity contribution in [2.45, 2.75) is 13.5 Å². The van der Waals surface area contributed by atoms with Gasteiger partial charge in [0.05, 0.1) is 0 Å². The van der Waals surface area contributed by atoms with E-state index in [1.54, 1.807) is 6.92 Å². The van der Waals surface area contributed by atoms with Crippen molar-refractivity contribution in [2.75, 3.05) is 0 Å². The molecule has 0 unspecified atom stereocenters. The number of esters is 1. The number of hydrogen-bond acceptors (Lipinski definition) is 7. The molecule has 0 aliphatic heterocycles. The van der Waals surface area contributed by atoms with E-state index < -0.39 is 5.97 Å². The summed E-state index contributed by atoms with van der Waals surface area (Å²) in [5, 5.41) is 7.85. The summed E-state index contributed by atoms with van der Waals surface area (Å²) in [6.45, 7) is 1.52. The molecule has 0 N–H and O–H groups in total. The summed E-state index contributed by atoms with van der Waals surface area (Å²) in [5.74, 6) is 0.703. The van der Waals surface area contributed by atoms with Gasteiger partial charge in [0, 0.05) is 11.1 Å². The molecule has 0 spiro atoms. The largest absolute Gasteiger partial charge is 0.451 e. The van der Waals surface area contributed by atoms with E-state index in [2.05, 4.69) is 15.2 Å². The van der Waals surface area contributed by atoms with Crippen molar-refractivity contribution in [1.82, 2.24) is 15.2 Å². The van der Waals surface area contributed by atoms with Crippen LogP contribution >= 0.6 is 0 Å². The molecule has 7 nitrogen and oxygen atoms in total. The monoisotopic (exact) mass is 361 g/mol. The fraction of sp³-hybridized carbons (Fsp3) is 0.100. The Bertz CT molecular complexity index is 1060. The first kappa shape index (κ1) is 16.7. The first-order chi connectivity index (χ1) is 13.2. The average Bonchev–Trinajstić information content (AvgIpc) is 3.34. The van der Waals surface area contributed by atoms with E-state index in [9.17, 15) is 4.79 Å². The molecule has 134 valence electrons. The summed E-state index contributed by atoms with van der Waals surface area (Å²) in [7, 11) is 0. The number of carbonyl (C=O) groups excluding carboxylic acids is 1. The Morgan fingerprint density at radius 1 is 0.889 bits per heavy atom. The normalized spacial score (nSPS) is 10.7. The van der Waals surface area contributed by atoms with Crippen LogP contribution in [0.5, 0.6) is 0 Å². The Morgan fingerprint density at radius 2 is 1.52 bits per heavy atom. The van der Waals surface area contributed by atoms with E-state index in [-0.39, 0.29) is 18.2 Å². The highest BCUT2D eigenvalue weighted by Crippen LogP contribution is 2.22. The average molecular weight is 361 g/mol. The minimum atomic E-state index is -0.613. The standard InChI is InChI=1S/C20H15N3O4/c1-13-17(21-18(26-13)14-8-4-2-5-9-14)20(24)25-12-16-22-23-19(27-16)15-10-6-3-7-11-15/h2-11H,12H2,1H3. The SMILES string of the molecule is Cc1oc(-c2ccccc2)nc1C(=O)OCc1nnc(-c2ccccc2)o1. The summed E-state index contributed by atoms with van der Waals surface area (Å²) in [5.41, 5.74) is 1.70. The van der Waals surface area contributed by atoms with Crippen molar-refractivity contribution in [3.63, 3.8) is 0 Å². The first-order valence-electron chi connectivity index (χ1n) is 8.28. The molecule has 0 saturated heterocycles. The van der Waals surface area contributed by atoms with Gasteiger partial charge in [-0.1, -0.05) is 36.4 Å². The number of ether oxygens (including phenoxy) is 1. The van der Waals surface area contributed by atoms with Crippen LogP contribution in [-0.2, 0) is 11.3 Å². The molecule has 4 aromatic rings. The van der Waals surface area contributed by atoms with Gasteiger partial charge in [0.1, 0.15) is 5.76 Å². The van der Waals surface area contributed by atoms with Crippen LogP contribution in [0.25, 0.3) is 22.9 Å². The van der Waals surface area contributed by atoms with Crippen molar-refractivity contribution in [2.24, 2.45) is 0 Å². The van der Waals surface area contributed by atoms with E-state index in [1.165, 1.54) is 0 Å². The zero-order chi connectivity index (χ0) is 18.6. The van der Waals surface area contributed by atoms with Crippen LogP contribution in [0.15, 0.2) is 69.5 Å². The van der Waals surface area contributed by atoms with Crippen LogP contribution in [0.4, 0.5) is 0 Å². The minimum Gasteiger partial charge on any atom is -0.451 e. The molecule has 0 amide bonds. The van der Waals surface area contributed by atoms with Gasteiger partial charge in [-0.3, -0.25) is 0 Å². The molecule has 27 heavy (non-hydrogen) atoms. The van der Waals surface area contributed by atoms with Crippen molar-refractivity contribution in [1.29, 1.82) is 0 Å². The molecule has 2 heterocycles. The van der Waals surface area contributed by atoms with Crippen molar-refractivity contribution < 1.29 is 18.4 Å². The summed E-state index contributed by atoms with van der Waals surface area (Å²) >= 11 is 0. The van der Waals surface area contributed by atoms with Gasteiger partial charge in [0.15, 0.2) is 12.3 Å². The maximum absolute atomic E-state index is 12.3. The Morgan fingerprint density at radius 3 is 2.19 bits per heavy atom. The van der Waals surface area contributed by atoms with Crippen LogP contribution in [0.1, 0.15) is 22.1 Å². The summed E-state index contributed by atoms with van der Waals surface area (Å²) in [4.78, 5) is 16.6. The molecule has 0 aliphatic carbocycles. The Balaban J connectivity index is 1.45. The molecule has 0 aliphatic rings. The second kappa shape index (κ2) is 7.25. The molecule has 2 aromatic heterocycles. The zero-order valence-electron chi connectivity index (χ0n) is 14.5. The van der Waals surface area contributed by atoms with Crippen LogP contribution in [0.2, 0.25) is 0 Å². The molecular formula is C20H15N3O4. The van der Waals surface area contributed by atoms with Crippen LogP contribution in [0, 0.1) is 6.92 Å². The van der Waals surface area contributed by atoms with Gasteiger partial charge in [-0.2, -0.15) is 0 Å². The highest BCUT2D eigenvalue weighted by Gasteiger charge is 2.20. The molecule has 4 rings (SSSR count). The fourth-order valence-corrected chi connectivity index (χ4v) is 2.49. The van der Waals surface area contributed by atoms with Crippen molar-refractivity contribution in [3.8, 4) is 22.9 Å². The van der Waals surface area contributed by atoms with Crippen molar-refractivity contribution in [3.05, 3.63) is 78.0 Å². The van der Waals surface area contributed by atoms with Gasteiger partial charge in [0.25, 0.3) is 5.89 Å². The predicted molar refractivity (Wildman–Crippen MR) is 95.5 cm³/mol. The van der Waals surface area contributed by atoms with Crippen LogP contribution < -0.4 is 0 Å². The Kier molecular flexibility index (Phi) is 4.49. The molecule has 0 bridgehead atoms. The number of rotatable bonds is 5. The van der Waals surface area contributed by atoms with Gasteiger partial charge in [-0.15, -0.1) is 10.2 Å². The minimum absolute atomic E-state index is 0.122. The molecule has 2 aromatic carbocycles. The van der Waals surface area contributed by atoms with E-state index in [0.717, 1.165) is 11.1 Å². The van der Waals surface area contributed by atoms with Crippen LogP contribution in [-0.4, -0.2) is 21.2 Å². The molecular weight excluding hydrogens is 346 g/mol. The van der Waals surface area contributed by atoms with Crippen LogP contribution in [0.3, 0.4) is 0 Å². The van der Waals surface area contributed by atoms with Gasteiger partial charge >= 0.3 is 5.97 Å². The fourth-order valence-electron chi connectivity index (χ4n) is 2.49. The second-order valence-corrected chi connectivity index (χ2v) is 5.73. The van der Waals surface area contributed by atoms with E-state index >= 15 is 0 Å². The summed E-state index contributed by atoms with van der Waals surface area (Å²) in [6.07, 6.45) is 0. The summed E-state index contributed by atoms with van der Waals surface area (Å²) < 4.78 is 16.3. The number of aryl methyl sites for hydroxylation is 1. The van der Waals surface area contributed by atoms with Gasteiger partial charge in [-0.05, 0) is 31.2 Å². The topological polar surface area (TPSA) is 91.2 Å². The Hall–Kier alpha value is -3.74. The maximum atomic E-state index is 12.3. The highest BCUT2D eigenvalue weighted by molar-refractivity contribution is 5.88. The summed E-state index contributed by atoms with van der Waals surface area (Å²) in [6, 6.07) is 18.7. The van der Waals surface area contributed by atoms with E-state index in [4.69, 9.17) is 13.6 Å². The van der Waals surface area contributed by atoms with Gasteiger partial charge in [0.2, 0.25) is 11.8 Å². The second-order valence-electron chi connectivity index (χ2n) is 5.73. The number of hydrogen-bond donors (Lipinski definition) is 0. The lowest BCUT2D eigenvalue weighted by Crippen LogP contribution is -2.07. The Labute approximate surface area is 154 Å². The zero-order valence-corrected chi connectivity index (χ0v) is 14.5. The third-order valence-electron chi connectivity index (χ3n) is 3.83. The predicted octanol–water partition coefficient (Wildman–Crippen LogP) is 4.06. The number of benzene rings is 2. The third kappa shape index (κ3) is 3.62. The molecule has 0 radical (unpaired) electrons. The third-order valence-corrected chi connectivity index (χ3v) is 3.83. The van der Waals surface area contributed by atoms with E-state index in [1.807, 2.05) is 60.7 Å². The van der Waals surface area contributed by atoms with Gasteiger partial charge in [-0.25, -0.2) is 9.78 Å². The van der Waals surface area contributed by atoms with Gasteiger partial charge < -0.3 is 13.6 Å². The maximum Gasteiger partial charge on any atom is 0.361 e. The van der Waals surface area contributed by atoms with E-state index in [0.29, 0.717) is 17.5 Å². The highest BCUT2D eigenvalue weighted by atomic mass is 16.5. The molecule has 7 heteroatoms. The lowest BCUT2D eigenvalue weighted by Gasteiger charge is -1.99. The lowest BCUT2D eigenvalue weighted by atomic mass is 10.2. The lowest BCUT2D eigenvalue weighted by molar-refractivity contribution is 0.0430. The number of nitrogens with zero attached hydrogens (tertiary/aromatic N) is 3. The quantitative estimate of drug-likeness (QED) is 0.495. The first-order valence-corrected chi connectivity index (χ1v) is 8.28. The number of oxazole rings is 1. The molecule has 0 fully saturated rings. The molecule has 0 saturated carbocycles.